The molecule has 1 saturated heterocycles. The van der Waals surface area contributed by atoms with Crippen LogP contribution in [-0.4, -0.2) is 110 Å². The van der Waals surface area contributed by atoms with E-state index >= 15 is 0 Å². The molecule has 3 unspecified atom stereocenters. The SMILES string of the molecule is CCCCC/C=C\C/C=C\CCCCCCCCOC(=O)NCCCC(=O)NC1C[C@H](O[C@H]2C[C@](O)(C(=O)CO)Cc3c(O)c4c(c(O)c32)C(=O)c2c(CO)cccc2C4=O)OC(C)C1O. The number of phenolic OH excluding ortho intramolecular Hbond substituents is 2. The highest BCUT2D eigenvalue weighted by atomic mass is 16.7. The van der Waals surface area contributed by atoms with Crippen molar-refractivity contribution in [2.24, 2.45) is 0 Å². The van der Waals surface area contributed by atoms with Crippen molar-refractivity contribution in [3.63, 3.8) is 0 Å². The summed E-state index contributed by atoms with van der Waals surface area (Å²) in [5.74, 6) is -4.68. The number of benzene rings is 2. The molecule has 0 saturated carbocycles. The van der Waals surface area contributed by atoms with E-state index < -0.39 is 114 Å². The Morgan fingerprint density at radius 1 is 0.879 bits per heavy atom. The third kappa shape index (κ3) is 13.1. The zero-order valence-electron chi connectivity index (χ0n) is 38.2. The van der Waals surface area contributed by atoms with Crippen LogP contribution in [-0.2, 0) is 36.8 Å². The Balaban J connectivity index is 1.08. The summed E-state index contributed by atoms with van der Waals surface area (Å²) in [7, 11) is 0. The second-order valence-corrected chi connectivity index (χ2v) is 17.5. The molecule has 1 aliphatic heterocycles. The van der Waals surface area contributed by atoms with Crippen molar-refractivity contribution in [3.05, 3.63) is 81.4 Å². The number of allylic oxidation sites excluding steroid dienone is 4. The molecule has 2 aromatic carbocycles. The summed E-state index contributed by atoms with van der Waals surface area (Å²) in [5, 5.41) is 71.1. The predicted octanol–water partition coefficient (Wildman–Crippen LogP) is 5.96. The molecule has 0 bridgehead atoms. The Morgan fingerprint density at radius 2 is 1.56 bits per heavy atom. The number of carbonyl (C=O) groups excluding carboxylic acids is 5. The summed E-state index contributed by atoms with van der Waals surface area (Å²) in [6.45, 7) is 2.54. The minimum Gasteiger partial charge on any atom is -0.507 e. The first-order chi connectivity index (χ1) is 31.8. The number of alkyl carbamates (subject to hydrolysis) is 1. The van der Waals surface area contributed by atoms with Crippen LogP contribution in [0.4, 0.5) is 4.79 Å². The summed E-state index contributed by atoms with van der Waals surface area (Å²) >= 11 is 0. The number of Topliss-reactive ketones (excluding diaryl/α,β-unsaturated/α-hetero) is 1. The number of aliphatic hydroxyl groups excluding tert-OH is 3. The number of carbonyl (C=O) groups is 5. The molecule has 8 N–H and O–H groups in total. The van der Waals surface area contributed by atoms with Gasteiger partial charge in [-0.05, 0) is 57.4 Å². The van der Waals surface area contributed by atoms with Crippen molar-refractivity contribution >= 4 is 29.4 Å². The maximum absolute atomic E-state index is 13.9. The number of ketones is 3. The van der Waals surface area contributed by atoms with Crippen LogP contribution in [0.15, 0.2) is 42.5 Å². The molecule has 2 aliphatic carbocycles. The number of phenols is 2. The van der Waals surface area contributed by atoms with Crippen molar-refractivity contribution in [2.45, 2.75) is 166 Å². The first kappa shape index (κ1) is 52.0. The van der Waals surface area contributed by atoms with Gasteiger partial charge in [-0.25, -0.2) is 4.79 Å². The Hall–Kier alpha value is -4.97. The zero-order chi connectivity index (χ0) is 47.8. The van der Waals surface area contributed by atoms with E-state index in [0.29, 0.717) is 6.61 Å². The van der Waals surface area contributed by atoms with E-state index in [1.54, 1.807) is 0 Å². The lowest BCUT2D eigenvalue weighted by Crippen LogP contribution is -2.55. The van der Waals surface area contributed by atoms with Crippen LogP contribution in [0, 0.1) is 0 Å². The van der Waals surface area contributed by atoms with Gasteiger partial charge in [-0.1, -0.05) is 88.0 Å². The lowest BCUT2D eigenvalue weighted by atomic mass is 9.71. The monoisotopic (exact) mass is 920 g/mol. The first-order valence-corrected chi connectivity index (χ1v) is 23.5. The van der Waals surface area contributed by atoms with Crippen LogP contribution in [0.25, 0.3) is 0 Å². The molecule has 0 aromatic heterocycles. The Labute approximate surface area is 386 Å². The number of amides is 2. The number of aromatic hydroxyl groups is 2. The second-order valence-electron chi connectivity index (χ2n) is 17.5. The third-order valence-electron chi connectivity index (χ3n) is 12.6. The summed E-state index contributed by atoms with van der Waals surface area (Å²) in [5.41, 5.74) is -4.09. The minimum absolute atomic E-state index is 0.00529. The summed E-state index contributed by atoms with van der Waals surface area (Å²) in [6, 6.07) is 3.31. The molecule has 2 amide bonds. The van der Waals surface area contributed by atoms with E-state index in [1.165, 1.54) is 57.2 Å². The molecule has 2 aromatic rings. The molecule has 362 valence electrons. The molecular formula is C50H68N2O14. The van der Waals surface area contributed by atoms with E-state index in [-0.39, 0.29) is 53.6 Å². The van der Waals surface area contributed by atoms with E-state index in [0.717, 1.165) is 44.9 Å². The second kappa shape index (κ2) is 25.2. The number of fused-ring (bicyclic) bond motifs is 3. The minimum atomic E-state index is -2.36. The topological polar surface area (TPSA) is 258 Å². The van der Waals surface area contributed by atoms with Crippen LogP contribution >= 0.6 is 0 Å². The van der Waals surface area contributed by atoms with Crippen LogP contribution < -0.4 is 10.6 Å². The molecule has 1 heterocycles. The Kier molecular flexibility index (Phi) is 19.9. The number of aliphatic hydroxyl groups is 4. The molecule has 5 rings (SSSR count). The van der Waals surface area contributed by atoms with Gasteiger partial charge in [0.05, 0.1) is 42.6 Å². The van der Waals surface area contributed by atoms with Gasteiger partial charge in [0.25, 0.3) is 0 Å². The van der Waals surface area contributed by atoms with Gasteiger partial charge in [-0.15, -0.1) is 0 Å². The number of hydrogen-bond donors (Lipinski definition) is 8. The van der Waals surface area contributed by atoms with Gasteiger partial charge < -0.3 is 55.5 Å². The standard InChI is InChI=1S/C50H68N2O14/c1-3-4-5-6-7-8-9-10-11-12-13-14-15-16-17-18-25-64-49(62)51-24-20-23-38(56)52-35-26-39(65-31(2)44(35)57)66-36-28-50(63,37(55)30-54)27-34-41(36)48(61)43-42(46(34)59)45(58)33-22-19-21-32(29-53)40(33)47(43)60/h7-8,10-11,19,21-22,31,35-36,39,44,53-54,57,59,61,63H,3-6,9,12-18,20,23-30H2,1-2H3,(H,51,62)(H,52,56)/b8-7-,11-10-/t31?,35?,36-,39-,44?,50-/m0/s1. The lowest BCUT2D eigenvalue weighted by molar-refractivity contribution is -0.249. The number of rotatable bonds is 25. The third-order valence-corrected chi connectivity index (χ3v) is 12.6. The summed E-state index contributed by atoms with van der Waals surface area (Å²) in [4.78, 5) is 65.9. The van der Waals surface area contributed by atoms with Gasteiger partial charge in [0.15, 0.2) is 23.6 Å². The largest absolute Gasteiger partial charge is 0.507 e. The van der Waals surface area contributed by atoms with E-state index in [1.807, 2.05) is 0 Å². The molecule has 6 atom stereocenters. The molecule has 66 heavy (non-hydrogen) atoms. The smallest absolute Gasteiger partial charge is 0.407 e. The van der Waals surface area contributed by atoms with Crippen molar-refractivity contribution in [3.8, 4) is 11.5 Å². The Morgan fingerprint density at radius 3 is 2.26 bits per heavy atom. The predicted molar refractivity (Wildman–Crippen MR) is 243 cm³/mol. The quantitative estimate of drug-likeness (QED) is 0.0277. The lowest BCUT2D eigenvalue weighted by Gasteiger charge is -2.43. The average molecular weight is 921 g/mol. The number of nitrogens with one attached hydrogen (secondary N) is 2. The van der Waals surface area contributed by atoms with E-state index in [9.17, 15) is 54.6 Å². The van der Waals surface area contributed by atoms with Crippen molar-refractivity contribution in [2.75, 3.05) is 19.8 Å². The molecule has 3 aliphatic rings. The highest BCUT2D eigenvalue weighted by Crippen LogP contribution is 2.52. The van der Waals surface area contributed by atoms with E-state index in [4.69, 9.17) is 14.2 Å². The highest BCUT2D eigenvalue weighted by molar-refractivity contribution is 6.31. The van der Waals surface area contributed by atoms with Gasteiger partial charge in [0.2, 0.25) is 5.91 Å². The molecular weight excluding hydrogens is 853 g/mol. The van der Waals surface area contributed by atoms with E-state index in [2.05, 4.69) is 41.9 Å². The van der Waals surface area contributed by atoms with Gasteiger partial charge >= 0.3 is 6.09 Å². The molecule has 16 nitrogen and oxygen atoms in total. The zero-order valence-corrected chi connectivity index (χ0v) is 38.2. The molecule has 0 radical (unpaired) electrons. The first-order valence-electron chi connectivity index (χ1n) is 23.5. The van der Waals surface area contributed by atoms with Crippen LogP contribution in [0.2, 0.25) is 0 Å². The Bertz CT molecular complexity index is 2080. The van der Waals surface area contributed by atoms with Crippen molar-refractivity contribution in [1.29, 1.82) is 0 Å². The molecule has 0 spiro atoms. The van der Waals surface area contributed by atoms with Crippen LogP contribution in [0.5, 0.6) is 11.5 Å². The van der Waals surface area contributed by atoms with Crippen molar-refractivity contribution < 1.29 is 68.8 Å². The number of unbranched alkanes of at least 4 members (excludes halogenated alkanes) is 9. The van der Waals surface area contributed by atoms with Gasteiger partial charge in [-0.3, -0.25) is 19.2 Å². The maximum Gasteiger partial charge on any atom is 0.407 e. The average Bonchev–Trinajstić information content (AvgIpc) is 3.30. The van der Waals surface area contributed by atoms with Gasteiger partial charge in [-0.2, -0.15) is 0 Å². The van der Waals surface area contributed by atoms with Gasteiger partial charge in [0, 0.05) is 54.5 Å². The number of hydrogen-bond acceptors (Lipinski definition) is 14. The fourth-order valence-corrected chi connectivity index (χ4v) is 8.95. The maximum atomic E-state index is 13.9. The molecule has 16 heteroatoms. The normalized spacial score (nSPS) is 22.5. The van der Waals surface area contributed by atoms with Crippen LogP contribution in [0.3, 0.4) is 0 Å². The van der Waals surface area contributed by atoms with Crippen LogP contribution in [0.1, 0.15) is 171 Å². The number of ether oxygens (including phenoxy) is 3. The fraction of sp³-hybridized carbons (Fsp3) is 0.580. The van der Waals surface area contributed by atoms with Crippen molar-refractivity contribution in [1.82, 2.24) is 10.6 Å². The van der Waals surface area contributed by atoms with Gasteiger partial charge in [0.1, 0.15) is 29.8 Å². The summed E-state index contributed by atoms with van der Waals surface area (Å²) < 4.78 is 17.4. The fourth-order valence-electron chi connectivity index (χ4n) is 8.95. The molecule has 1 fully saturated rings. The summed E-state index contributed by atoms with van der Waals surface area (Å²) in [6.07, 6.45) is 15.8. The highest BCUT2D eigenvalue weighted by Gasteiger charge is 2.50.